The van der Waals surface area contributed by atoms with Crippen LogP contribution in [0.5, 0.6) is 11.5 Å². The van der Waals surface area contributed by atoms with Crippen LogP contribution < -0.4 is 9.47 Å². The minimum absolute atomic E-state index is 0.0471. The summed E-state index contributed by atoms with van der Waals surface area (Å²) in [5.74, 6) is -0.934. The molecule has 4 atom stereocenters. The van der Waals surface area contributed by atoms with Gasteiger partial charge in [0.15, 0.2) is 18.4 Å². The van der Waals surface area contributed by atoms with Crippen LogP contribution in [0.25, 0.3) is 6.08 Å². The predicted octanol–water partition coefficient (Wildman–Crippen LogP) is 6.60. The Kier molecular flexibility index (Phi) is 11.7. The van der Waals surface area contributed by atoms with Gasteiger partial charge in [0.2, 0.25) is 0 Å². The highest BCUT2D eigenvalue weighted by Crippen LogP contribution is 2.34. The number of hydrogen-bond acceptors (Lipinski definition) is 9. The molecule has 9 heteroatoms. The van der Waals surface area contributed by atoms with Crippen molar-refractivity contribution < 1.29 is 38.0 Å². The van der Waals surface area contributed by atoms with Crippen molar-refractivity contribution in [3.05, 3.63) is 53.8 Å². The summed E-state index contributed by atoms with van der Waals surface area (Å²) in [6.45, 7) is 7.77. The highest BCUT2D eigenvalue weighted by molar-refractivity contribution is 5.97. The van der Waals surface area contributed by atoms with Crippen LogP contribution in [0.4, 0.5) is 0 Å². The number of methoxy groups -OCH3 is 1. The highest BCUT2D eigenvalue weighted by atomic mass is 16.8. The number of ether oxygens (including phenoxy) is 6. The largest absolute Gasteiger partial charge is 0.493 e. The topological polar surface area (TPSA) is 102 Å². The summed E-state index contributed by atoms with van der Waals surface area (Å²) in [4.78, 5) is 30.9. The van der Waals surface area contributed by atoms with E-state index in [0.717, 1.165) is 38.5 Å². The number of cyclic esters (lactones) is 1. The molecule has 0 aromatic heterocycles. The summed E-state index contributed by atoms with van der Waals surface area (Å²) in [5.41, 5.74) is 2.11. The zero-order valence-corrected chi connectivity index (χ0v) is 26.0. The summed E-state index contributed by atoms with van der Waals surface area (Å²) in [6, 6.07) is 3.52. The summed E-state index contributed by atoms with van der Waals surface area (Å²) >= 11 is 0. The molecule has 234 valence electrons. The van der Waals surface area contributed by atoms with Crippen LogP contribution in [-0.4, -0.2) is 62.1 Å². The number of carbonyl (C=O) groups excluding carboxylic acids is 2. The Bertz CT molecular complexity index is 1250. The van der Waals surface area contributed by atoms with E-state index in [-0.39, 0.29) is 24.1 Å². The molecule has 43 heavy (non-hydrogen) atoms. The second-order valence-corrected chi connectivity index (χ2v) is 11.7. The maximum absolute atomic E-state index is 13.5. The molecule has 1 aromatic carbocycles. The number of aliphatic imine (C=N–C) groups is 1. The number of allylic oxidation sites excluding steroid dienone is 1. The van der Waals surface area contributed by atoms with Crippen LogP contribution in [0, 0.1) is 5.92 Å². The van der Waals surface area contributed by atoms with Crippen molar-refractivity contribution in [2.24, 2.45) is 10.9 Å². The molecule has 0 aliphatic carbocycles. The molecule has 0 saturated carbocycles. The first-order valence-corrected chi connectivity index (χ1v) is 15.2. The molecule has 1 saturated heterocycles. The number of nitrogens with zero attached hydrogens (tertiary/aromatic N) is 1. The van der Waals surface area contributed by atoms with E-state index in [4.69, 9.17) is 28.4 Å². The van der Waals surface area contributed by atoms with Crippen molar-refractivity contribution in [1.82, 2.24) is 0 Å². The van der Waals surface area contributed by atoms with E-state index in [2.05, 4.69) is 11.1 Å². The van der Waals surface area contributed by atoms with Gasteiger partial charge >= 0.3 is 5.97 Å². The number of esters is 1. The maximum atomic E-state index is 13.5. The van der Waals surface area contributed by atoms with E-state index < -0.39 is 30.1 Å². The molecule has 0 bridgehead atoms. The van der Waals surface area contributed by atoms with Crippen molar-refractivity contribution in [2.75, 3.05) is 20.5 Å². The standard InChI is InChI=1S/C34H45NO8/c1-23-16-17-28(36)32-29(42-34(3,4)43-32)15-10-12-25-20-27(39-19-9-7-6-8-13-26-14-11-18-35-26)21-30(40-22-38-5)31(25)33(37)41-24(23)2/h10-12,16-18,20-21,23-24,29,32H,6-9,13-15,19,22H2,1-5H3/b12-10+,17-16-/t23-,24+,29+,32-/m1/s1. The summed E-state index contributed by atoms with van der Waals surface area (Å²) in [6.07, 6.45) is 15.8. The summed E-state index contributed by atoms with van der Waals surface area (Å²) in [7, 11) is 1.52. The first kappa shape index (κ1) is 32.6. The van der Waals surface area contributed by atoms with Gasteiger partial charge in [-0.2, -0.15) is 0 Å². The second kappa shape index (κ2) is 15.5. The second-order valence-electron chi connectivity index (χ2n) is 11.7. The molecule has 4 rings (SSSR count). The van der Waals surface area contributed by atoms with Crippen LogP contribution in [0.1, 0.15) is 88.6 Å². The Morgan fingerprint density at radius 2 is 1.81 bits per heavy atom. The van der Waals surface area contributed by atoms with Gasteiger partial charge in [0.25, 0.3) is 0 Å². The first-order valence-electron chi connectivity index (χ1n) is 15.2. The third-order valence-corrected chi connectivity index (χ3v) is 7.71. The number of unbranched alkanes of at least 4 members (excludes halogenated alkanes) is 3. The molecule has 0 unspecified atom stereocenters. The van der Waals surface area contributed by atoms with E-state index in [9.17, 15) is 9.59 Å². The molecular weight excluding hydrogens is 550 g/mol. The molecule has 3 heterocycles. The number of fused-ring (bicyclic) bond motifs is 2. The fourth-order valence-corrected chi connectivity index (χ4v) is 5.23. The Morgan fingerprint density at radius 3 is 2.58 bits per heavy atom. The van der Waals surface area contributed by atoms with E-state index in [1.165, 1.54) is 18.9 Å². The number of benzene rings is 1. The maximum Gasteiger partial charge on any atom is 0.342 e. The van der Waals surface area contributed by atoms with Crippen molar-refractivity contribution in [2.45, 2.75) is 96.7 Å². The van der Waals surface area contributed by atoms with Crippen LogP contribution in [-0.2, 0) is 23.7 Å². The summed E-state index contributed by atoms with van der Waals surface area (Å²) < 4.78 is 35.0. The zero-order chi connectivity index (χ0) is 30.8. The number of ketones is 1. The predicted molar refractivity (Wildman–Crippen MR) is 164 cm³/mol. The number of rotatable bonds is 11. The van der Waals surface area contributed by atoms with E-state index in [0.29, 0.717) is 30.1 Å². The van der Waals surface area contributed by atoms with Gasteiger partial charge in [-0.05, 0) is 64.2 Å². The van der Waals surface area contributed by atoms with Gasteiger partial charge in [0.1, 0.15) is 29.3 Å². The molecule has 0 amide bonds. The minimum Gasteiger partial charge on any atom is -0.493 e. The molecule has 1 aromatic rings. The monoisotopic (exact) mass is 595 g/mol. The molecule has 0 N–H and O–H groups in total. The Morgan fingerprint density at radius 1 is 1.00 bits per heavy atom. The lowest BCUT2D eigenvalue weighted by Crippen LogP contribution is -2.30. The number of hydrogen-bond donors (Lipinski definition) is 0. The minimum atomic E-state index is -0.888. The molecule has 0 radical (unpaired) electrons. The number of carbonyl (C=O) groups is 2. The summed E-state index contributed by atoms with van der Waals surface area (Å²) in [5, 5.41) is 0. The van der Waals surface area contributed by atoms with Crippen molar-refractivity contribution in [1.29, 1.82) is 0 Å². The van der Waals surface area contributed by atoms with E-state index in [1.807, 2.05) is 31.3 Å². The van der Waals surface area contributed by atoms with Gasteiger partial charge in [-0.15, -0.1) is 0 Å². The fraction of sp³-hybridized carbons (Fsp3) is 0.559. The first-order chi connectivity index (χ1) is 20.7. The van der Waals surface area contributed by atoms with Crippen molar-refractivity contribution in [3.63, 3.8) is 0 Å². The zero-order valence-electron chi connectivity index (χ0n) is 26.0. The normalized spacial score (nSPS) is 26.6. The van der Waals surface area contributed by atoms with Gasteiger partial charge in [-0.3, -0.25) is 9.79 Å². The van der Waals surface area contributed by atoms with Gasteiger partial charge in [-0.25, -0.2) is 4.79 Å². The third kappa shape index (κ3) is 9.36. The lowest BCUT2D eigenvalue weighted by molar-refractivity contribution is -0.152. The molecule has 9 nitrogen and oxygen atoms in total. The molecule has 3 aliphatic rings. The smallest absolute Gasteiger partial charge is 0.342 e. The van der Waals surface area contributed by atoms with Crippen LogP contribution >= 0.6 is 0 Å². The molecule has 0 spiro atoms. The molecule has 1 fully saturated rings. The van der Waals surface area contributed by atoms with Crippen LogP contribution in [0.15, 0.2) is 47.6 Å². The lowest BCUT2D eigenvalue weighted by Gasteiger charge is -2.21. The van der Waals surface area contributed by atoms with Gasteiger partial charge in [0, 0.05) is 37.4 Å². The fourth-order valence-electron chi connectivity index (χ4n) is 5.23. The SMILES string of the molecule is COCOc1cc(OCCCCCCC2=NC=CC2)cc2c1C(=O)O[C@@H](C)[C@H](C)/C=C\C(=O)[C@H]1OC(C)(C)O[C@H]1C/C=C/2. The average molecular weight is 596 g/mol. The van der Waals surface area contributed by atoms with E-state index in [1.54, 1.807) is 32.9 Å². The Hall–Kier alpha value is -3.27. The Balaban J connectivity index is 1.53. The highest BCUT2D eigenvalue weighted by Gasteiger charge is 2.43. The third-order valence-electron chi connectivity index (χ3n) is 7.71. The van der Waals surface area contributed by atoms with Crippen LogP contribution in [0.2, 0.25) is 0 Å². The molecule has 3 aliphatic heterocycles. The Labute approximate surface area is 254 Å². The van der Waals surface area contributed by atoms with Crippen molar-refractivity contribution >= 4 is 23.5 Å². The van der Waals surface area contributed by atoms with Gasteiger partial charge in [0.05, 0.1) is 12.7 Å². The molecular formula is C34H45NO8. The average Bonchev–Trinajstić information content (AvgIpc) is 3.60. The van der Waals surface area contributed by atoms with E-state index >= 15 is 0 Å². The van der Waals surface area contributed by atoms with Crippen LogP contribution in [0.3, 0.4) is 0 Å². The van der Waals surface area contributed by atoms with Gasteiger partial charge < -0.3 is 28.4 Å². The van der Waals surface area contributed by atoms with Crippen molar-refractivity contribution in [3.8, 4) is 11.5 Å². The lowest BCUT2D eigenvalue weighted by atomic mass is 9.99. The van der Waals surface area contributed by atoms with Gasteiger partial charge in [-0.1, -0.05) is 44.1 Å². The quantitative estimate of drug-likeness (QED) is 0.160.